The molecule has 0 aromatic rings. The van der Waals surface area contributed by atoms with E-state index < -0.39 is 0 Å². The Balaban J connectivity index is 2.83. The van der Waals surface area contributed by atoms with E-state index >= 15 is 0 Å². The molecule has 0 bridgehead atoms. The Hall–Kier alpha value is 0.269. The summed E-state index contributed by atoms with van der Waals surface area (Å²) in [6, 6.07) is 0. The van der Waals surface area contributed by atoms with Gasteiger partial charge in [0.25, 0.3) is 0 Å². The van der Waals surface area contributed by atoms with Gasteiger partial charge in [-0.1, -0.05) is 0 Å². The number of rotatable bonds is 2. The van der Waals surface area contributed by atoms with Crippen molar-refractivity contribution >= 4 is 28.4 Å². The zero-order chi connectivity index (χ0) is 4.99. The molecule has 6 heavy (non-hydrogen) atoms. The van der Waals surface area contributed by atoms with Gasteiger partial charge in [0.2, 0.25) is 0 Å². The summed E-state index contributed by atoms with van der Waals surface area (Å²) in [7, 11) is 0. The summed E-state index contributed by atoms with van der Waals surface area (Å²) < 4.78 is 0.986. The second-order valence-electron chi connectivity index (χ2n) is 1.00. The first kappa shape index (κ1) is 6.27. The van der Waals surface area contributed by atoms with Gasteiger partial charge >= 0.3 is 49.8 Å². The summed E-state index contributed by atoms with van der Waals surface area (Å²) in [5.74, 6) is -0.178. The van der Waals surface area contributed by atoms with Gasteiger partial charge in [0.15, 0.2) is 0 Å². The van der Waals surface area contributed by atoms with Crippen molar-refractivity contribution in [3.05, 3.63) is 0 Å². The van der Waals surface area contributed by atoms with Crippen molar-refractivity contribution in [1.29, 1.82) is 0 Å². The number of hydrogen-bond donors (Lipinski definition) is 1. The van der Waals surface area contributed by atoms with Gasteiger partial charge in [-0.15, -0.1) is 0 Å². The van der Waals surface area contributed by atoms with Crippen LogP contribution in [0.1, 0.15) is 6.42 Å². The van der Waals surface area contributed by atoms with Crippen LogP contribution in [0.15, 0.2) is 0 Å². The van der Waals surface area contributed by atoms with E-state index in [1.165, 1.54) is 0 Å². The van der Waals surface area contributed by atoms with Crippen LogP contribution in [0.2, 0.25) is 4.44 Å². The molecule has 0 saturated carbocycles. The Morgan fingerprint density at radius 1 is 1.83 bits per heavy atom. The summed E-state index contributed by atoms with van der Waals surface area (Å²) in [5, 5.41) is 0. The van der Waals surface area contributed by atoms with Gasteiger partial charge < -0.3 is 0 Å². The first-order valence-corrected chi connectivity index (χ1v) is 4.08. The molecular formula is C3H7NOSn. The second-order valence-corrected chi connectivity index (χ2v) is 2.65. The Labute approximate surface area is 50.2 Å². The van der Waals surface area contributed by atoms with Crippen molar-refractivity contribution in [3.63, 3.8) is 0 Å². The minimum absolute atomic E-state index is 0.178. The fourth-order valence-electron chi connectivity index (χ4n) is 0.142. The Bertz CT molecular complexity index is 54.8. The van der Waals surface area contributed by atoms with E-state index in [1.54, 1.807) is 0 Å². The second kappa shape index (κ2) is 3.46. The average Bonchev–Trinajstić information content (AvgIpc) is 1.35. The van der Waals surface area contributed by atoms with E-state index in [-0.39, 0.29) is 5.91 Å². The first-order chi connectivity index (χ1) is 2.77. The fourth-order valence-corrected chi connectivity index (χ4v) is 0.954. The Morgan fingerprint density at radius 2 is 2.33 bits per heavy atom. The molecular weight excluding hydrogens is 185 g/mol. The van der Waals surface area contributed by atoms with Crippen molar-refractivity contribution in [2.45, 2.75) is 10.9 Å². The summed E-state index contributed by atoms with van der Waals surface area (Å²) in [6.45, 7) is 0. The molecule has 0 aromatic carbocycles. The normalized spacial score (nSPS) is 8.17. The monoisotopic (exact) mass is 193 g/mol. The predicted molar refractivity (Wildman–Crippen MR) is 25.8 cm³/mol. The van der Waals surface area contributed by atoms with Crippen LogP contribution in [0.5, 0.6) is 0 Å². The molecule has 0 heterocycles. The van der Waals surface area contributed by atoms with E-state index in [1.807, 2.05) is 0 Å². The number of amides is 1. The quantitative estimate of drug-likeness (QED) is 0.570. The summed E-state index contributed by atoms with van der Waals surface area (Å²) >= 11 is 1.14. The van der Waals surface area contributed by atoms with Gasteiger partial charge in [-0.2, -0.15) is 0 Å². The van der Waals surface area contributed by atoms with E-state index in [9.17, 15) is 4.79 Å². The maximum absolute atomic E-state index is 9.84. The molecule has 0 aliphatic heterocycles. The first-order valence-electron chi connectivity index (χ1n) is 1.75. The molecule has 2 nitrogen and oxygen atoms in total. The van der Waals surface area contributed by atoms with Gasteiger partial charge in [0.1, 0.15) is 0 Å². The van der Waals surface area contributed by atoms with E-state index in [0.29, 0.717) is 6.42 Å². The molecule has 0 unspecified atom stereocenters. The van der Waals surface area contributed by atoms with Crippen LogP contribution in [0.4, 0.5) is 0 Å². The zero-order valence-electron chi connectivity index (χ0n) is 3.48. The Morgan fingerprint density at radius 3 is 2.33 bits per heavy atom. The predicted octanol–water partition coefficient (Wildman–Crippen LogP) is -0.819. The van der Waals surface area contributed by atoms with Crippen molar-refractivity contribution in [2.24, 2.45) is 5.73 Å². The summed E-state index contributed by atoms with van der Waals surface area (Å²) in [5.41, 5.74) is 4.78. The molecule has 0 spiro atoms. The average molecular weight is 192 g/mol. The molecule has 3 heteroatoms. The SMILES string of the molecule is NC(=O)C[CH2][SnH]. The third-order valence-corrected chi connectivity index (χ3v) is 1.21. The number of carbonyl (C=O) groups is 1. The van der Waals surface area contributed by atoms with Crippen LogP contribution >= 0.6 is 0 Å². The zero-order valence-corrected chi connectivity index (χ0v) is 6.77. The van der Waals surface area contributed by atoms with Crippen LogP contribution in [0.25, 0.3) is 0 Å². The van der Waals surface area contributed by atoms with Gasteiger partial charge in [-0.25, -0.2) is 0 Å². The standard InChI is InChI=1S/C3H6NO.Sn.H/c1-2-3(4)5;;/h1-2H2,(H2,4,5);;. The number of primary amides is 1. The molecule has 1 amide bonds. The van der Waals surface area contributed by atoms with Crippen LogP contribution in [0, 0.1) is 0 Å². The number of carbonyl (C=O) groups excluding carboxylic acids is 1. The molecule has 2 radical (unpaired) electrons. The van der Waals surface area contributed by atoms with Gasteiger partial charge in [-0.3, -0.25) is 0 Å². The molecule has 0 atom stereocenters. The van der Waals surface area contributed by atoms with Crippen molar-refractivity contribution in [3.8, 4) is 0 Å². The maximum atomic E-state index is 9.84. The molecule has 0 aliphatic carbocycles. The number of nitrogens with two attached hydrogens (primary N) is 1. The Kier molecular flexibility index (Phi) is 3.61. The topological polar surface area (TPSA) is 43.1 Å². The van der Waals surface area contributed by atoms with Crippen LogP contribution in [-0.4, -0.2) is 28.4 Å². The summed E-state index contributed by atoms with van der Waals surface area (Å²) in [4.78, 5) is 9.84. The van der Waals surface area contributed by atoms with Crippen LogP contribution < -0.4 is 5.73 Å². The van der Waals surface area contributed by atoms with Gasteiger partial charge in [-0.05, 0) is 0 Å². The summed E-state index contributed by atoms with van der Waals surface area (Å²) in [6.07, 6.45) is 0.572. The van der Waals surface area contributed by atoms with Gasteiger partial charge in [0, 0.05) is 0 Å². The molecule has 0 fully saturated rings. The molecule has 0 saturated heterocycles. The molecule has 0 aliphatic rings. The van der Waals surface area contributed by atoms with Crippen molar-refractivity contribution < 1.29 is 4.79 Å². The third kappa shape index (κ3) is 4.27. The molecule has 2 N–H and O–H groups in total. The van der Waals surface area contributed by atoms with Crippen molar-refractivity contribution in [1.82, 2.24) is 0 Å². The molecule has 0 rings (SSSR count). The van der Waals surface area contributed by atoms with E-state index in [2.05, 4.69) is 0 Å². The fraction of sp³-hybridized carbons (Fsp3) is 0.667. The molecule has 34 valence electrons. The van der Waals surface area contributed by atoms with Gasteiger partial charge in [0.05, 0.1) is 0 Å². The van der Waals surface area contributed by atoms with E-state index in [4.69, 9.17) is 5.73 Å². The van der Waals surface area contributed by atoms with E-state index in [0.717, 1.165) is 27.0 Å². The minimum atomic E-state index is -0.178. The van der Waals surface area contributed by atoms with Crippen LogP contribution in [-0.2, 0) is 4.79 Å². The third-order valence-electron chi connectivity index (χ3n) is 0.391. The molecule has 0 aromatic heterocycles. The van der Waals surface area contributed by atoms with Crippen molar-refractivity contribution in [2.75, 3.05) is 0 Å². The number of hydrogen-bond acceptors (Lipinski definition) is 1. The van der Waals surface area contributed by atoms with Crippen LogP contribution in [0.3, 0.4) is 0 Å².